The van der Waals surface area contributed by atoms with Crippen LogP contribution in [0.4, 0.5) is 5.69 Å². The molecule has 29 heavy (non-hydrogen) atoms. The van der Waals surface area contributed by atoms with Gasteiger partial charge in [0.2, 0.25) is 0 Å². The standard InChI is InChI=1S/C23H25NO4S/c1-3-15(2)6-8-27-23(26)20-5-4-7-24(20)21-10-22-18(9-16(21)11-25)19-14-29-13-17(19)12-28-22/h3,9-11,13-14,20H,4-8,12H2,1-2H3/b15-3+/t20-/m0/s1. The third kappa shape index (κ3) is 3.81. The van der Waals surface area contributed by atoms with Crippen molar-refractivity contribution in [1.29, 1.82) is 0 Å². The van der Waals surface area contributed by atoms with Crippen molar-refractivity contribution in [2.24, 2.45) is 0 Å². The van der Waals surface area contributed by atoms with Crippen molar-refractivity contribution in [1.82, 2.24) is 0 Å². The largest absolute Gasteiger partial charge is 0.488 e. The molecular formula is C23H25NO4S. The minimum atomic E-state index is -0.363. The molecule has 3 heterocycles. The number of rotatable bonds is 6. The average molecular weight is 412 g/mol. The molecule has 6 heteroatoms. The van der Waals surface area contributed by atoms with E-state index in [1.54, 1.807) is 11.3 Å². The maximum Gasteiger partial charge on any atom is 0.328 e. The van der Waals surface area contributed by atoms with Gasteiger partial charge in [-0.2, -0.15) is 11.3 Å². The number of anilines is 1. The van der Waals surface area contributed by atoms with E-state index in [9.17, 15) is 9.59 Å². The van der Waals surface area contributed by atoms with Crippen LogP contribution in [0.1, 0.15) is 49.0 Å². The first-order valence-corrected chi connectivity index (χ1v) is 10.9. The van der Waals surface area contributed by atoms with Crippen molar-refractivity contribution >= 4 is 29.3 Å². The van der Waals surface area contributed by atoms with Gasteiger partial charge in [0, 0.05) is 41.3 Å². The predicted molar refractivity (Wildman–Crippen MR) is 115 cm³/mol. The number of ether oxygens (including phenoxy) is 2. The van der Waals surface area contributed by atoms with E-state index < -0.39 is 0 Å². The molecule has 1 aromatic carbocycles. The molecule has 0 bridgehead atoms. The average Bonchev–Trinajstić information content (AvgIpc) is 3.41. The van der Waals surface area contributed by atoms with Crippen LogP contribution >= 0.6 is 11.3 Å². The fourth-order valence-corrected chi connectivity index (χ4v) is 4.78. The van der Waals surface area contributed by atoms with E-state index in [1.807, 2.05) is 37.0 Å². The highest BCUT2D eigenvalue weighted by atomic mass is 32.1. The Morgan fingerprint density at radius 3 is 3.00 bits per heavy atom. The van der Waals surface area contributed by atoms with Crippen molar-refractivity contribution in [3.05, 3.63) is 45.7 Å². The molecule has 0 radical (unpaired) electrons. The molecule has 0 spiro atoms. The van der Waals surface area contributed by atoms with E-state index in [4.69, 9.17) is 9.47 Å². The molecule has 4 rings (SSSR count). The van der Waals surface area contributed by atoms with Gasteiger partial charge < -0.3 is 14.4 Å². The highest BCUT2D eigenvalue weighted by molar-refractivity contribution is 7.08. The van der Waals surface area contributed by atoms with Crippen molar-refractivity contribution < 1.29 is 19.1 Å². The summed E-state index contributed by atoms with van der Waals surface area (Å²) in [6, 6.07) is 3.44. The first-order chi connectivity index (χ1) is 14.1. The highest BCUT2D eigenvalue weighted by Crippen LogP contribution is 2.43. The number of nitrogens with zero attached hydrogens (tertiary/aromatic N) is 1. The van der Waals surface area contributed by atoms with E-state index >= 15 is 0 Å². The van der Waals surface area contributed by atoms with Gasteiger partial charge in [0.15, 0.2) is 6.29 Å². The van der Waals surface area contributed by atoms with E-state index in [1.165, 1.54) is 5.57 Å². The minimum absolute atomic E-state index is 0.220. The molecule has 0 amide bonds. The number of carbonyl (C=O) groups is 2. The van der Waals surface area contributed by atoms with Crippen LogP contribution in [0.3, 0.4) is 0 Å². The van der Waals surface area contributed by atoms with Gasteiger partial charge in [-0.25, -0.2) is 4.79 Å². The summed E-state index contributed by atoms with van der Waals surface area (Å²) in [4.78, 5) is 26.6. The Labute approximate surface area is 174 Å². The fourth-order valence-electron chi connectivity index (χ4n) is 3.94. The summed E-state index contributed by atoms with van der Waals surface area (Å²) in [5.41, 5.74) is 5.74. The molecule has 0 aliphatic carbocycles. The third-order valence-electron chi connectivity index (χ3n) is 5.74. The molecule has 1 fully saturated rings. The number of allylic oxidation sites excluding steroid dienone is 1. The zero-order valence-electron chi connectivity index (χ0n) is 16.8. The number of hydrogen-bond donors (Lipinski definition) is 0. The van der Waals surface area contributed by atoms with Gasteiger partial charge in [0.1, 0.15) is 18.4 Å². The zero-order chi connectivity index (χ0) is 20.4. The van der Waals surface area contributed by atoms with E-state index in [0.717, 1.165) is 60.2 Å². The Hall–Kier alpha value is -2.60. The van der Waals surface area contributed by atoms with Gasteiger partial charge in [-0.05, 0) is 43.5 Å². The first-order valence-electron chi connectivity index (χ1n) is 9.99. The Kier molecular flexibility index (Phi) is 5.72. The van der Waals surface area contributed by atoms with Gasteiger partial charge in [0.05, 0.1) is 12.3 Å². The molecule has 5 nitrogen and oxygen atoms in total. The van der Waals surface area contributed by atoms with Crippen molar-refractivity contribution in [2.45, 2.75) is 45.8 Å². The highest BCUT2D eigenvalue weighted by Gasteiger charge is 2.34. The van der Waals surface area contributed by atoms with Gasteiger partial charge >= 0.3 is 5.97 Å². The monoisotopic (exact) mass is 411 g/mol. The molecule has 1 atom stereocenters. The lowest BCUT2D eigenvalue weighted by Gasteiger charge is -2.28. The van der Waals surface area contributed by atoms with Crippen molar-refractivity contribution in [3.63, 3.8) is 0 Å². The SMILES string of the molecule is C/C=C(\C)CCOC(=O)[C@@H]1CCCN1c1cc2c(cc1C=O)-c1cscc1CO2. The third-order valence-corrected chi connectivity index (χ3v) is 6.53. The van der Waals surface area contributed by atoms with Gasteiger partial charge in [-0.1, -0.05) is 11.6 Å². The molecule has 2 aromatic rings. The normalized spacial score (nSPS) is 18.1. The van der Waals surface area contributed by atoms with Crippen LogP contribution in [0.15, 0.2) is 34.5 Å². The molecule has 0 N–H and O–H groups in total. The molecule has 1 aromatic heterocycles. The number of hydrogen-bond acceptors (Lipinski definition) is 6. The van der Waals surface area contributed by atoms with Gasteiger partial charge in [-0.3, -0.25) is 4.79 Å². The summed E-state index contributed by atoms with van der Waals surface area (Å²) in [5.74, 6) is 0.543. The second-order valence-electron chi connectivity index (χ2n) is 7.53. The zero-order valence-corrected chi connectivity index (χ0v) is 17.6. The number of thiophene rings is 1. The number of aldehydes is 1. The maximum atomic E-state index is 12.7. The Morgan fingerprint density at radius 1 is 1.34 bits per heavy atom. The Balaban J connectivity index is 1.59. The first kappa shape index (κ1) is 19.7. The van der Waals surface area contributed by atoms with Crippen LogP contribution in [-0.2, 0) is 16.1 Å². The lowest BCUT2D eigenvalue weighted by Crippen LogP contribution is -2.38. The number of carbonyl (C=O) groups excluding carboxylic acids is 2. The molecule has 0 saturated carbocycles. The predicted octanol–water partition coefficient (Wildman–Crippen LogP) is 4.99. The minimum Gasteiger partial charge on any atom is -0.488 e. The molecule has 2 aliphatic rings. The summed E-state index contributed by atoms with van der Waals surface area (Å²) in [6.07, 6.45) is 5.25. The summed E-state index contributed by atoms with van der Waals surface area (Å²) in [6.45, 7) is 5.64. The van der Waals surface area contributed by atoms with Crippen LogP contribution in [0.25, 0.3) is 11.1 Å². The molecular weight excluding hydrogens is 386 g/mol. The lowest BCUT2D eigenvalue weighted by atomic mass is 9.98. The molecule has 152 valence electrons. The van der Waals surface area contributed by atoms with Crippen molar-refractivity contribution in [2.75, 3.05) is 18.1 Å². The quantitative estimate of drug-likeness (QED) is 0.381. The Bertz CT molecular complexity index is 962. The topological polar surface area (TPSA) is 55.8 Å². The summed E-state index contributed by atoms with van der Waals surface area (Å²) in [5, 5.41) is 4.17. The number of benzene rings is 1. The van der Waals surface area contributed by atoms with Gasteiger partial charge in [-0.15, -0.1) is 0 Å². The molecule has 1 saturated heterocycles. The van der Waals surface area contributed by atoms with E-state index in [0.29, 0.717) is 18.8 Å². The second-order valence-corrected chi connectivity index (χ2v) is 8.27. The lowest BCUT2D eigenvalue weighted by molar-refractivity contribution is -0.144. The second kappa shape index (κ2) is 8.41. The molecule has 2 aliphatic heterocycles. The van der Waals surface area contributed by atoms with Crippen LogP contribution in [-0.4, -0.2) is 31.4 Å². The maximum absolute atomic E-state index is 12.7. The van der Waals surface area contributed by atoms with Crippen LogP contribution in [0, 0.1) is 0 Å². The summed E-state index contributed by atoms with van der Waals surface area (Å²) >= 11 is 1.63. The van der Waals surface area contributed by atoms with Crippen molar-refractivity contribution in [3.8, 4) is 16.9 Å². The number of esters is 1. The van der Waals surface area contributed by atoms with Crippen LogP contribution < -0.4 is 9.64 Å². The van der Waals surface area contributed by atoms with Crippen LogP contribution in [0.2, 0.25) is 0 Å². The van der Waals surface area contributed by atoms with Crippen LogP contribution in [0.5, 0.6) is 5.75 Å². The smallest absolute Gasteiger partial charge is 0.328 e. The van der Waals surface area contributed by atoms with Gasteiger partial charge in [0.25, 0.3) is 0 Å². The van der Waals surface area contributed by atoms with E-state index in [-0.39, 0.29) is 12.0 Å². The summed E-state index contributed by atoms with van der Waals surface area (Å²) < 4.78 is 11.5. The fraction of sp³-hybridized carbons (Fsp3) is 0.391. The number of fused-ring (bicyclic) bond motifs is 3. The van der Waals surface area contributed by atoms with E-state index in [2.05, 4.69) is 10.8 Å². The summed E-state index contributed by atoms with van der Waals surface area (Å²) in [7, 11) is 0. The molecule has 0 unspecified atom stereocenters. The Morgan fingerprint density at radius 2 is 2.21 bits per heavy atom.